The summed E-state index contributed by atoms with van der Waals surface area (Å²) in [5.41, 5.74) is 7.19. The van der Waals surface area contributed by atoms with Gasteiger partial charge >= 0.3 is 5.97 Å². The Kier molecular flexibility index (Phi) is 8.40. The van der Waals surface area contributed by atoms with Crippen LogP contribution in [-0.4, -0.2) is 23.7 Å². The van der Waals surface area contributed by atoms with E-state index in [0.29, 0.717) is 22.9 Å². The first-order valence-corrected chi connectivity index (χ1v) is 11.7. The highest BCUT2D eigenvalue weighted by Gasteiger charge is 2.46. The smallest absolute Gasteiger partial charge is 0.312 e. The number of aliphatic hydroxyl groups is 1. The largest absolute Gasteiger partial charge is 0.456 e. The van der Waals surface area contributed by atoms with Crippen molar-refractivity contribution in [2.75, 3.05) is 6.61 Å². The number of halogens is 2. The molecule has 0 radical (unpaired) electrons. The number of carbonyl (C=O) groups is 1. The summed E-state index contributed by atoms with van der Waals surface area (Å²) in [5, 5.41) is 10.5. The van der Waals surface area contributed by atoms with Crippen LogP contribution in [0.3, 0.4) is 0 Å². The lowest BCUT2D eigenvalue weighted by Crippen LogP contribution is -2.39. The molecule has 172 valence electrons. The van der Waals surface area contributed by atoms with Gasteiger partial charge < -0.3 is 15.6 Å². The number of aliphatic hydroxyl groups excluding tert-OH is 1. The van der Waals surface area contributed by atoms with Gasteiger partial charge in [0.05, 0.1) is 12.0 Å². The van der Waals surface area contributed by atoms with Crippen molar-refractivity contribution in [3.8, 4) is 0 Å². The van der Waals surface area contributed by atoms with E-state index >= 15 is 0 Å². The van der Waals surface area contributed by atoms with Crippen molar-refractivity contribution in [1.82, 2.24) is 0 Å². The van der Waals surface area contributed by atoms with E-state index in [1.165, 1.54) is 0 Å². The predicted molar refractivity (Wildman–Crippen MR) is 130 cm³/mol. The SMILES string of the molecule is C[C@H](C/C=C/C[C@@]1(C)C[C@H](c2cccc(Cl)c2)C(c2ccc(Cl)cc2)OC1=O)C(N)CO. The third-order valence-electron chi connectivity index (χ3n) is 6.42. The van der Waals surface area contributed by atoms with E-state index in [1.807, 2.05) is 74.5 Å². The fourth-order valence-electron chi connectivity index (χ4n) is 4.17. The Morgan fingerprint density at radius 1 is 1.16 bits per heavy atom. The molecule has 0 amide bonds. The zero-order valence-electron chi connectivity index (χ0n) is 18.5. The molecule has 3 N–H and O–H groups in total. The van der Waals surface area contributed by atoms with Crippen LogP contribution in [0.25, 0.3) is 0 Å². The average Bonchev–Trinajstić information content (AvgIpc) is 2.78. The zero-order valence-corrected chi connectivity index (χ0v) is 20.0. The van der Waals surface area contributed by atoms with Crippen LogP contribution in [-0.2, 0) is 9.53 Å². The maximum absolute atomic E-state index is 13.1. The topological polar surface area (TPSA) is 72.5 Å². The van der Waals surface area contributed by atoms with Crippen LogP contribution in [0.5, 0.6) is 0 Å². The molecule has 6 heteroatoms. The third kappa shape index (κ3) is 5.93. The number of benzene rings is 2. The minimum absolute atomic E-state index is 0.0345. The number of hydrogen-bond acceptors (Lipinski definition) is 4. The van der Waals surface area contributed by atoms with Gasteiger partial charge in [-0.1, -0.05) is 66.5 Å². The van der Waals surface area contributed by atoms with Gasteiger partial charge in [0.2, 0.25) is 0 Å². The second kappa shape index (κ2) is 10.8. The van der Waals surface area contributed by atoms with E-state index in [0.717, 1.165) is 17.5 Å². The molecule has 3 rings (SSSR count). The summed E-state index contributed by atoms with van der Waals surface area (Å²) in [6, 6.07) is 15.0. The summed E-state index contributed by atoms with van der Waals surface area (Å²) < 4.78 is 6.06. The van der Waals surface area contributed by atoms with Crippen LogP contribution in [0.2, 0.25) is 10.0 Å². The molecular weight excluding hydrogens is 445 g/mol. The van der Waals surface area contributed by atoms with E-state index < -0.39 is 11.5 Å². The van der Waals surface area contributed by atoms with Crippen molar-refractivity contribution in [1.29, 1.82) is 0 Å². The van der Waals surface area contributed by atoms with Crippen LogP contribution in [0, 0.1) is 11.3 Å². The van der Waals surface area contributed by atoms with Gasteiger partial charge in [-0.3, -0.25) is 4.79 Å². The molecule has 4 nitrogen and oxygen atoms in total. The highest BCUT2D eigenvalue weighted by Crippen LogP contribution is 2.49. The van der Waals surface area contributed by atoms with Crippen molar-refractivity contribution in [2.24, 2.45) is 17.1 Å². The maximum atomic E-state index is 13.1. The van der Waals surface area contributed by atoms with Gasteiger partial charge in [0, 0.05) is 22.0 Å². The molecule has 1 aliphatic heterocycles. The van der Waals surface area contributed by atoms with E-state index in [1.54, 1.807) is 0 Å². The van der Waals surface area contributed by atoms with Gasteiger partial charge in [-0.05, 0) is 67.5 Å². The molecule has 2 aromatic rings. The molecule has 2 aromatic carbocycles. The first-order valence-electron chi connectivity index (χ1n) is 11.0. The molecule has 1 heterocycles. The van der Waals surface area contributed by atoms with Crippen LogP contribution in [0.4, 0.5) is 0 Å². The predicted octanol–water partition coefficient (Wildman–Crippen LogP) is 6.06. The van der Waals surface area contributed by atoms with Gasteiger partial charge in [-0.25, -0.2) is 0 Å². The lowest BCUT2D eigenvalue weighted by Gasteiger charge is -2.41. The fourth-order valence-corrected chi connectivity index (χ4v) is 4.50. The molecule has 1 fully saturated rings. The van der Waals surface area contributed by atoms with Crippen molar-refractivity contribution < 1.29 is 14.6 Å². The summed E-state index contributed by atoms with van der Waals surface area (Å²) in [5.74, 6) is -0.0796. The number of rotatable bonds is 8. The third-order valence-corrected chi connectivity index (χ3v) is 6.91. The molecule has 1 saturated heterocycles. The quantitative estimate of drug-likeness (QED) is 0.359. The van der Waals surface area contributed by atoms with Gasteiger partial charge in [0.1, 0.15) is 6.10 Å². The van der Waals surface area contributed by atoms with E-state index in [9.17, 15) is 9.90 Å². The van der Waals surface area contributed by atoms with E-state index in [2.05, 4.69) is 0 Å². The number of nitrogens with two attached hydrogens (primary N) is 1. The number of esters is 1. The van der Waals surface area contributed by atoms with Crippen molar-refractivity contribution >= 4 is 29.2 Å². The second-order valence-corrected chi connectivity index (χ2v) is 9.91. The minimum atomic E-state index is -0.658. The number of hydrogen-bond donors (Lipinski definition) is 2. The monoisotopic (exact) mass is 475 g/mol. The molecule has 0 saturated carbocycles. The molecule has 0 spiro atoms. The maximum Gasteiger partial charge on any atom is 0.312 e. The number of ether oxygens (including phenoxy) is 1. The summed E-state index contributed by atoms with van der Waals surface area (Å²) in [7, 11) is 0. The Morgan fingerprint density at radius 3 is 2.53 bits per heavy atom. The minimum Gasteiger partial charge on any atom is -0.456 e. The Bertz CT molecular complexity index is 946. The summed E-state index contributed by atoms with van der Waals surface area (Å²) in [6.07, 6.45) is 5.61. The molecule has 32 heavy (non-hydrogen) atoms. The Balaban J connectivity index is 1.83. The molecule has 2 unspecified atom stereocenters. The lowest BCUT2D eigenvalue weighted by molar-refractivity contribution is -0.171. The van der Waals surface area contributed by atoms with Crippen LogP contribution in [0.1, 0.15) is 56.3 Å². The number of cyclic esters (lactones) is 1. The molecule has 0 aromatic heterocycles. The van der Waals surface area contributed by atoms with Crippen molar-refractivity contribution in [3.63, 3.8) is 0 Å². The first-order chi connectivity index (χ1) is 15.2. The average molecular weight is 476 g/mol. The van der Waals surface area contributed by atoms with E-state index in [4.69, 9.17) is 33.7 Å². The molecule has 0 bridgehead atoms. The summed E-state index contributed by atoms with van der Waals surface area (Å²) in [6.45, 7) is 3.93. The molecular formula is C26H31Cl2NO3. The summed E-state index contributed by atoms with van der Waals surface area (Å²) >= 11 is 12.3. The van der Waals surface area contributed by atoms with Crippen LogP contribution in [0.15, 0.2) is 60.7 Å². The van der Waals surface area contributed by atoms with Crippen LogP contribution >= 0.6 is 23.2 Å². The van der Waals surface area contributed by atoms with Crippen molar-refractivity contribution in [2.45, 2.75) is 51.2 Å². The van der Waals surface area contributed by atoms with Gasteiger partial charge in [0.25, 0.3) is 0 Å². The van der Waals surface area contributed by atoms with Gasteiger partial charge in [-0.15, -0.1) is 0 Å². The highest BCUT2D eigenvalue weighted by molar-refractivity contribution is 6.30. The van der Waals surface area contributed by atoms with Gasteiger partial charge in [0.15, 0.2) is 0 Å². The van der Waals surface area contributed by atoms with Crippen molar-refractivity contribution in [3.05, 3.63) is 81.9 Å². The first kappa shape index (κ1) is 24.8. The molecule has 5 atom stereocenters. The second-order valence-electron chi connectivity index (χ2n) is 9.04. The van der Waals surface area contributed by atoms with Gasteiger partial charge in [-0.2, -0.15) is 0 Å². The van der Waals surface area contributed by atoms with Crippen LogP contribution < -0.4 is 5.73 Å². The summed E-state index contributed by atoms with van der Waals surface area (Å²) in [4.78, 5) is 13.1. The zero-order chi connectivity index (χ0) is 23.3. The molecule has 1 aliphatic rings. The normalized spacial score (nSPS) is 25.5. The Hall–Kier alpha value is -1.85. The Morgan fingerprint density at radius 2 is 1.88 bits per heavy atom. The number of allylic oxidation sites excluding steroid dienone is 2. The number of carbonyl (C=O) groups excluding carboxylic acids is 1. The fraction of sp³-hybridized carbons (Fsp3) is 0.423. The standard InChI is InChI=1S/C26H31Cl2NO3/c1-17(23(29)16-30)6-3-4-13-26(2)15-22(19-7-5-8-21(28)14-19)24(32-25(26)31)18-9-11-20(27)12-10-18/h3-5,7-12,14,17,22-24,30H,6,13,15-16,29H2,1-2H3/b4-3+/t17-,22-,23?,24?,26+/m1/s1. The molecule has 0 aliphatic carbocycles. The van der Waals surface area contributed by atoms with E-state index in [-0.39, 0.29) is 30.5 Å². The lowest BCUT2D eigenvalue weighted by atomic mass is 9.71. The Labute approximate surface area is 200 Å². The highest BCUT2D eigenvalue weighted by atomic mass is 35.5.